The summed E-state index contributed by atoms with van der Waals surface area (Å²) in [6.45, 7) is 0. The van der Waals surface area contributed by atoms with E-state index in [2.05, 4.69) is 0 Å². The number of ether oxygens (including phenoxy) is 1. The number of halogens is 1. The Balaban J connectivity index is 1.76. The van der Waals surface area contributed by atoms with E-state index in [1.165, 1.54) is 18.2 Å². The SMILES string of the molecule is COc1ccc(-c2nc(-c3ccc(F)cc3)c(C=CC(O)CC(O)CC(=O)O)c(C3CC3)n2)cc1. The van der Waals surface area contributed by atoms with Crippen LogP contribution in [-0.2, 0) is 4.79 Å². The van der Waals surface area contributed by atoms with Gasteiger partial charge in [-0.25, -0.2) is 14.4 Å². The number of nitrogens with zero attached hydrogens (tertiary/aromatic N) is 2. The molecule has 1 heterocycles. The average Bonchev–Trinajstić information content (AvgIpc) is 3.68. The molecule has 1 aromatic heterocycles. The highest BCUT2D eigenvalue weighted by molar-refractivity contribution is 5.76. The number of carboxylic acid groups (broad SMARTS) is 1. The second-order valence-corrected chi connectivity index (χ2v) is 8.62. The van der Waals surface area contributed by atoms with Crippen LogP contribution in [0.3, 0.4) is 0 Å². The largest absolute Gasteiger partial charge is 0.497 e. The van der Waals surface area contributed by atoms with Crippen molar-refractivity contribution in [2.75, 3.05) is 7.11 Å². The highest BCUT2D eigenvalue weighted by atomic mass is 19.1. The Kier molecular flexibility index (Phi) is 7.53. The summed E-state index contributed by atoms with van der Waals surface area (Å²) in [6, 6.07) is 13.5. The van der Waals surface area contributed by atoms with E-state index in [9.17, 15) is 19.4 Å². The third-order valence-electron chi connectivity index (χ3n) is 5.81. The molecule has 2 atom stereocenters. The summed E-state index contributed by atoms with van der Waals surface area (Å²) < 4.78 is 18.9. The van der Waals surface area contributed by atoms with Crippen molar-refractivity contribution in [1.29, 1.82) is 0 Å². The molecule has 2 unspecified atom stereocenters. The Morgan fingerprint density at radius 1 is 1.09 bits per heavy atom. The van der Waals surface area contributed by atoms with Crippen molar-refractivity contribution in [3.8, 4) is 28.4 Å². The predicted molar refractivity (Wildman–Crippen MR) is 129 cm³/mol. The first-order valence-corrected chi connectivity index (χ1v) is 11.4. The van der Waals surface area contributed by atoms with Gasteiger partial charge in [0.2, 0.25) is 0 Å². The van der Waals surface area contributed by atoms with Crippen molar-refractivity contribution in [2.45, 2.75) is 43.8 Å². The number of carboxylic acids is 1. The van der Waals surface area contributed by atoms with Crippen molar-refractivity contribution in [2.24, 2.45) is 0 Å². The second kappa shape index (κ2) is 10.8. The normalized spacial score (nSPS) is 15.2. The van der Waals surface area contributed by atoms with Gasteiger partial charge in [-0.15, -0.1) is 0 Å². The van der Waals surface area contributed by atoms with E-state index < -0.39 is 24.6 Å². The molecule has 2 aromatic carbocycles. The minimum absolute atomic E-state index is 0.113. The number of aliphatic hydroxyl groups is 2. The summed E-state index contributed by atoms with van der Waals surface area (Å²) in [4.78, 5) is 20.5. The third-order valence-corrected chi connectivity index (χ3v) is 5.81. The topological polar surface area (TPSA) is 113 Å². The zero-order valence-corrected chi connectivity index (χ0v) is 19.3. The lowest BCUT2D eigenvalue weighted by molar-refractivity contribution is -0.139. The van der Waals surface area contributed by atoms with Gasteiger partial charge in [0.05, 0.1) is 37.1 Å². The molecular weight excluding hydrogens is 451 g/mol. The highest BCUT2D eigenvalue weighted by Gasteiger charge is 2.30. The number of rotatable bonds is 10. The molecule has 0 saturated heterocycles. The number of benzene rings is 2. The lowest BCUT2D eigenvalue weighted by Crippen LogP contribution is -2.19. The van der Waals surface area contributed by atoms with Crippen molar-refractivity contribution < 1.29 is 29.2 Å². The first-order valence-electron chi connectivity index (χ1n) is 11.4. The predicted octanol–water partition coefficient (Wildman–Crippen LogP) is 4.44. The smallest absolute Gasteiger partial charge is 0.305 e. The summed E-state index contributed by atoms with van der Waals surface area (Å²) in [5.74, 6) is -0.00746. The van der Waals surface area contributed by atoms with E-state index in [0.717, 1.165) is 24.1 Å². The van der Waals surface area contributed by atoms with Crippen LogP contribution < -0.4 is 4.74 Å². The number of aromatic nitrogens is 2. The summed E-state index contributed by atoms with van der Waals surface area (Å²) in [5.41, 5.74) is 3.65. The third kappa shape index (κ3) is 6.29. The highest BCUT2D eigenvalue weighted by Crippen LogP contribution is 2.43. The van der Waals surface area contributed by atoms with Gasteiger partial charge in [-0.2, -0.15) is 0 Å². The zero-order valence-electron chi connectivity index (χ0n) is 19.3. The molecule has 1 aliphatic rings. The van der Waals surface area contributed by atoms with Crippen LogP contribution in [0, 0.1) is 5.82 Å². The van der Waals surface area contributed by atoms with Crippen LogP contribution in [0.25, 0.3) is 28.7 Å². The van der Waals surface area contributed by atoms with Gasteiger partial charge >= 0.3 is 5.97 Å². The number of aliphatic carboxylic acids is 1. The van der Waals surface area contributed by atoms with Gasteiger partial charge in [0.1, 0.15) is 11.6 Å². The molecule has 1 aliphatic carbocycles. The van der Waals surface area contributed by atoms with Crippen molar-refractivity contribution in [3.63, 3.8) is 0 Å². The van der Waals surface area contributed by atoms with E-state index in [1.807, 2.05) is 24.3 Å². The van der Waals surface area contributed by atoms with E-state index in [1.54, 1.807) is 25.3 Å². The summed E-state index contributed by atoms with van der Waals surface area (Å²) >= 11 is 0. The molecule has 0 radical (unpaired) electrons. The molecule has 0 bridgehead atoms. The monoisotopic (exact) mass is 478 g/mol. The number of hydrogen-bond acceptors (Lipinski definition) is 6. The Bertz CT molecular complexity index is 1210. The molecule has 0 spiro atoms. The van der Waals surface area contributed by atoms with Gasteiger partial charge in [0, 0.05) is 29.0 Å². The second-order valence-electron chi connectivity index (χ2n) is 8.62. The number of hydrogen-bond donors (Lipinski definition) is 3. The van der Waals surface area contributed by atoms with Gasteiger partial charge in [-0.3, -0.25) is 4.79 Å². The van der Waals surface area contributed by atoms with Crippen LogP contribution in [-0.4, -0.2) is 50.6 Å². The molecule has 7 nitrogen and oxygen atoms in total. The molecule has 8 heteroatoms. The maximum atomic E-state index is 13.6. The van der Waals surface area contributed by atoms with Crippen LogP contribution >= 0.6 is 0 Å². The van der Waals surface area contributed by atoms with E-state index in [-0.39, 0.29) is 18.2 Å². The van der Waals surface area contributed by atoms with Crippen LogP contribution in [0.5, 0.6) is 5.75 Å². The lowest BCUT2D eigenvalue weighted by Gasteiger charge is -2.15. The molecule has 3 aromatic rings. The van der Waals surface area contributed by atoms with Gasteiger partial charge in [-0.05, 0) is 61.4 Å². The van der Waals surface area contributed by atoms with Crippen LogP contribution in [0.4, 0.5) is 4.39 Å². The Morgan fingerprint density at radius 2 is 1.74 bits per heavy atom. The van der Waals surface area contributed by atoms with Gasteiger partial charge in [0.25, 0.3) is 0 Å². The molecular formula is C27H27FN2O5. The van der Waals surface area contributed by atoms with Crippen molar-refractivity contribution in [3.05, 3.63) is 71.7 Å². The Hall–Kier alpha value is -3.62. The number of aliphatic hydroxyl groups excluding tert-OH is 2. The van der Waals surface area contributed by atoms with Gasteiger partial charge < -0.3 is 20.1 Å². The first kappa shape index (κ1) is 24.5. The molecule has 1 saturated carbocycles. The number of carbonyl (C=O) groups is 1. The zero-order chi connectivity index (χ0) is 24.9. The van der Waals surface area contributed by atoms with E-state index in [4.69, 9.17) is 19.8 Å². The molecule has 1 fully saturated rings. The van der Waals surface area contributed by atoms with Crippen LogP contribution in [0.2, 0.25) is 0 Å². The Morgan fingerprint density at radius 3 is 2.34 bits per heavy atom. The number of methoxy groups -OCH3 is 1. The van der Waals surface area contributed by atoms with Crippen molar-refractivity contribution in [1.82, 2.24) is 9.97 Å². The van der Waals surface area contributed by atoms with E-state index >= 15 is 0 Å². The molecule has 35 heavy (non-hydrogen) atoms. The molecule has 182 valence electrons. The van der Waals surface area contributed by atoms with Gasteiger partial charge in [-0.1, -0.05) is 12.2 Å². The van der Waals surface area contributed by atoms with Crippen LogP contribution in [0.1, 0.15) is 42.9 Å². The standard InChI is InChI=1S/C27H27FN2O5/c1-35-22-11-6-18(7-12-22)27-29-25(16-2-3-16)23(13-10-20(31)14-21(32)15-24(33)34)26(30-27)17-4-8-19(28)9-5-17/h4-13,16,20-21,31-32H,2-3,14-15H2,1H3,(H,33,34). The first-order chi connectivity index (χ1) is 16.8. The fourth-order valence-electron chi connectivity index (χ4n) is 3.87. The summed E-state index contributed by atoms with van der Waals surface area (Å²) in [6.07, 6.45) is 2.39. The summed E-state index contributed by atoms with van der Waals surface area (Å²) in [7, 11) is 1.60. The van der Waals surface area contributed by atoms with Crippen molar-refractivity contribution >= 4 is 12.0 Å². The molecule has 0 amide bonds. The van der Waals surface area contributed by atoms with Crippen LogP contribution in [0.15, 0.2) is 54.6 Å². The van der Waals surface area contributed by atoms with E-state index in [0.29, 0.717) is 28.4 Å². The minimum Gasteiger partial charge on any atom is -0.497 e. The molecule has 3 N–H and O–H groups in total. The fraction of sp³-hybridized carbons (Fsp3) is 0.296. The lowest BCUT2D eigenvalue weighted by atomic mass is 9.99. The quantitative estimate of drug-likeness (QED) is 0.395. The summed E-state index contributed by atoms with van der Waals surface area (Å²) in [5, 5.41) is 29.1. The van der Waals surface area contributed by atoms with Gasteiger partial charge in [0.15, 0.2) is 5.82 Å². The molecule has 4 rings (SSSR count). The fourth-order valence-corrected chi connectivity index (χ4v) is 3.87. The average molecular weight is 479 g/mol. The Labute approximate surface area is 202 Å². The maximum Gasteiger partial charge on any atom is 0.305 e. The molecule has 0 aliphatic heterocycles. The minimum atomic E-state index is -1.17. The maximum absolute atomic E-state index is 13.6.